The third kappa shape index (κ3) is 4.46. The van der Waals surface area contributed by atoms with Crippen LogP contribution in [-0.2, 0) is 10.8 Å². The molecule has 2 aliphatic carbocycles. The van der Waals surface area contributed by atoms with Gasteiger partial charge in [0.25, 0.3) is 0 Å². The molecule has 0 aromatic heterocycles. The Hall–Kier alpha value is -5.66. The molecule has 236 valence electrons. The summed E-state index contributed by atoms with van der Waals surface area (Å²) in [5.74, 6) is 0. The number of hydrogen-bond donors (Lipinski definition) is 0. The smallest absolute Gasteiger partial charge is 0.0546 e. The predicted octanol–water partition coefficient (Wildman–Crippen LogP) is 13.1. The highest BCUT2D eigenvalue weighted by molar-refractivity contribution is 5.99. The molecule has 0 fully saturated rings. The van der Waals surface area contributed by atoms with Crippen LogP contribution in [0.3, 0.4) is 0 Å². The molecule has 0 heterocycles. The van der Waals surface area contributed by atoms with Crippen LogP contribution in [0.25, 0.3) is 44.5 Å². The van der Waals surface area contributed by atoms with Gasteiger partial charge in [0, 0.05) is 27.8 Å². The van der Waals surface area contributed by atoms with Gasteiger partial charge in [-0.15, -0.1) is 0 Å². The standard InChI is InChI=1S/C48H39N/c1-47(2)42-24-14-12-21-38(42)40-30-33(26-29-43(40)47)46-36(32-16-7-5-8-17-32)22-15-25-45(46)49(34-18-9-6-10-19-34)35-27-28-39-37-20-11-13-23-41(37)48(3,4)44(39)31-35/h5-31H,1-4H3. The molecule has 0 spiro atoms. The second-order valence-electron chi connectivity index (χ2n) is 14.6. The molecular formula is C48H39N. The van der Waals surface area contributed by atoms with Crippen LogP contribution in [0, 0.1) is 0 Å². The lowest BCUT2D eigenvalue weighted by Gasteiger charge is -2.31. The summed E-state index contributed by atoms with van der Waals surface area (Å²) in [6, 6.07) is 60.6. The van der Waals surface area contributed by atoms with E-state index in [4.69, 9.17) is 0 Å². The molecule has 1 heteroatoms. The second kappa shape index (κ2) is 10.9. The van der Waals surface area contributed by atoms with Gasteiger partial charge >= 0.3 is 0 Å². The quantitative estimate of drug-likeness (QED) is 0.183. The molecule has 7 aromatic rings. The van der Waals surface area contributed by atoms with Crippen LogP contribution in [0.15, 0.2) is 164 Å². The lowest BCUT2D eigenvalue weighted by Crippen LogP contribution is -2.17. The van der Waals surface area contributed by atoms with Gasteiger partial charge in [0.2, 0.25) is 0 Å². The van der Waals surface area contributed by atoms with Gasteiger partial charge < -0.3 is 4.90 Å². The molecule has 49 heavy (non-hydrogen) atoms. The lowest BCUT2D eigenvalue weighted by atomic mass is 9.82. The first-order chi connectivity index (χ1) is 23.8. The van der Waals surface area contributed by atoms with Crippen LogP contribution >= 0.6 is 0 Å². The monoisotopic (exact) mass is 629 g/mol. The van der Waals surface area contributed by atoms with Crippen LogP contribution in [0.4, 0.5) is 17.1 Å². The third-order valence-corrected chi connectivity index (χ3v) is 11.1. The fourth-order valence-electron chi connectivity index (χ4n) is 8.60. The van der Waals surface area contributed by atoms with Gasteiger partial charge in [-0.25, -0.2) is 0 Å². The average Bonchev–Trinajstić information content (AvgIpc) is 3.51. The number of anilines is 3. The molecule has 0 saturated carbocycles. The SMILES string of the molecule is CC1(C)c2ccccc2-c2cc(-c3c(-c4ccccc4)cccc3N(c3ccccc3)c3ccc4c(c3)C(C)(C)c3ccccc3-4)ccc21. The molecular weight excluding hydrogens is 591 g/mol. The molecule has 0 saturated heterocycles. The van der Waals surface area contributed by atoms with Crippen LogP contribution in [-0.4, -0.2) is 0 Å². The zero-order chi connectivity index (χ0) is 33.3. The van der Waals surface area contributed by atoms with E-state index in [1.54, 1.807) is 0 Å². The Kier molecular flexibility index (Phi) is 6.58. The molecule has 0 radical (unpaired) electrons. The van der Waals surface area contributed by atoms with Gasteiger partial charge in [-0.2, -0.15) is 0 Å². The molecule has 0 bridgehead atoms. The second-order valence-corrected chi connectivity index (χ2v) is 14.6. The molecule has 9 rings (SSSR count). The van der Waals surface area contributed by atoms with Crippen molar-refractivity contribution in [3.05, 3.63) is 186 Å². The summed E-state index contributed by atoms with van der Waals surface area (Å²) in [6.45, 7) is 9.43. The highest BCUT2D eigenvalue weighted by Gasteiger charge is 2.37. The summed E-state index contributed by atoms with van der Waals surface area (Å²) in [5, 5.41) is 0. The molecule has 0 atom stereocenters. The van der Waals surface area contributed by atoms with Crippen molar-refractivity contribution in [1.29, 1.82) is 0 Å². The molecule has 0 aliphatic heterocycles. The Morgan fingerprint density at radius 1 is 0.347 bits per heavy atom. The zero-order valence-corrected chi connectivity index (χ0v) is 28.5. The number of benzene rings is 7. The average molecular weight is 630 g/mol. The van der Waals surface area contributed by atoms with Crippen LogP contribution in [0.5, 0.6) is 0 Å². The summed E-state index contributed by atoms with van der Waals surface area (Å²) in [4.78, 5) is 2.46. The van der Waals surface area contributed by atoms with Gasteiger partial charge in [-0.3, -0.25) is 0 Å². The molecule has 2 aliphatic rings. The van der Waals surface area contributed by atoms with Crippen molar-refractivity contribution in [2.75, 3.05) is 4.90 Å². The van der Waals surface area contributed by atoms with Gasteiger partial charge in [-0.05, 0) is 97.6 Å². The minimum atomic E-state index is -0.0980. The number of para-hydroxylation sites is 1. The van der Waals surface area contributed by atoms with E-state index < -0.39 is 0 Å². The number of fused-ring (bicyclic) bond motifs is 6. The summed E-state index contributed by atoms with van der Waals surface area (Å²) < 4.78 is 0. The number of nitrogens with zero attached hydrogens (tertiary/aromatic N) is 1. The third-order valence-electron chi connectivity index (χ3n) is 11.1. The largest absolute Gasteiger partial charge is 0.310 e. The summed E-state index contributed by atoms with van der Waals surface area (Å²) in [6.07, 6.45) is 0. The first-order valence-corrected chi connectivity index (χ1v) is 17.4. The summed E-state index contributed by atoms with van der Waals surface area (Å²) in [7, 11) is 0. The van der Waals surface area contributed by atoms with E-state index in [0.29, 0.717) is 0 Å². The van der Waals surface area contributed by atoms with E-state index in [9.17, 15) is 0 Å². The maximum absolute atomic E-state index is 2.46. The Bertz CT molecular complexity index is 2380. The number of hydrogen-bond acceptors (Lipinski definition) is 1. The topological polar surface area (TPSA) is 3.24 Å². The number of rotatable bonds is 5. The molecule has 1 nitrogen and oxygen atoms in total. The van der Waals surface area contributed by atoms with Crippen molar-refractivity contribution in [2.45, 2.75) is 38.5 Å². The van der Waals surface area contributed by atoms with Gasteiger partial charge in [0.15, 0.2) is 0 Å². The first kappa shape index (κ1) is 29.5. The minimum Gasteiger partial charge on any atom is -0.310 e. The lowest BCUT2D eigenvalue weighted by molar-refractivity contribution is 0.660. The van der Waals surface area contributed by atoms with Crippen molar-refractivity contribution in [2.24, 2.45) is 0 Å². The van der Waals surface area contributed by atoms with Crippen LogP contribution < -0.4 is 4.90 Å². The predicted molar refractivity (Wildman–Crippen MR) is 207 cm³/mol. The van der Waals surface area contributed by atoms with Crippen LogP contribution in [0.2, 0.25) is 0 Å². The van der Waals surface area contributed by atoms with Crippen LogP contribution in [0.1, 0.15) is 49.9 Å². The van der Waals surface area contributed by atoms with Crippen molar-refractivity contribution in [3.8, 4) is 44.5 Å². The highest BCUT2D eigenvalue weighted by Crippen LogP contribution is 2.54. The fourth-order valence-corrected chi connectivity index (χ4v) is 8.60. The van der Waals surface area contributed by atoms with E-state index in [1.807, 2.05) is 0 Å². The van der Waals surface area contributed by atoms with Crippen molar-refractivity contribution >= 4 is 17.1 Å². The minimum absolute atomic E-state index is 0.0445. The van der Waals surface area contributed by atoms with Gasteiger partial charge in [0.05, 0.1) is 5.69 Å². The van der Waals surface area contributed by atoms with Crippen molar-refractivity contribution in [1.82, 2.24) is 0 Å². The Labute approximate surface area is 290 Å². The summed E-state index contributed by atoms with van der Waals surface area (Å²) in [5.41, 5.74) is 19.1. The molecule has 0 amide bonds. The Morgan fingerprint density at radius 2 is 0.898 bits per heavy atom. The van der Waals surface area contributed by atoms with Gasteiger partial charge in [0.1, 0.15) is 0 Å². The van der Waals surface area contributed by atoms with E-state index in [0.717, 1.165) is 17.1 Å². The highest BCUT2D eigenvalue weighted by atomic mass is 15.1. The van der Waals surface area contributed by atoms with E-state index in [1.165, 1.54) is 66.8 Å². The van der Waals surface area contributed by atoms with Crippen molar-refractivity contribution in [3.63, 3.8) is 0 Å². The fraction of sp³-hybridized carbons (Fsp3) is 0.125. The maximum atomic E-state index is 2.46. The molecule has 7 aromatic carbocycles. The first-order valence-electron chi connectivity index (χ1n) is 17.4. The van der Waals surface area contributed by atoms with Gasteiger partial charge in [-0.1, -0.05) is 155 Å². The Balaban J connectivity index is 1.31. The van der Waals surface area contributed by atoms with E-state index in [2.05, 4.69) is 196 Å². The van der Waals surface area contributed by atoms with E-state index >= 15 is 0 Å². The van der Waals surface area contributed by atoms with Crippen molar-refractivity contribution < 1.29 is 0 Å². The maximum Gasteiger partial charge on any atom is 0.0546 e. The zero-order valence-electron chi connectivity index (χ0n) is 28.5. The molecule has 0 unspecified atom stereocenters. The Morgan fingerprint density at radius 3 is 1.61 bits per heavy atom. The molecule has 0 N–H and O–H groups in total. The van der Waals surface area contributed by atoms with E-state index in [-0.39, 0.29) is 10.8 Å². The normalized spacial score (nSPS) is 14.4. The summed E-state index contributed by atoms with van der Waals surface area (Å²) >= 11 is 0.